The molecule has 2 fully saturated rings. The Bertz CT molecular complexity index is 983. The van der Waals surface area contributed by atoms with Gasteiger partial charge in [-0.15, -0.1) is 0 Å². The van der Waals surface area contributed by atoms with Crippen molar-refractivity contribution in [1.82, 2.24) is 24.3 Å². The number of benzene rings is 1. The topological polar surface area (TPSA) is 54.3 Å². The van der Waals surface area contributed by atoms with Crippen LogP contribution >= 0.6 is 0 Å². The number of hydrogen-bond donors (Lipinski definition) is 0. The van der Waals surface area contributed by atoms with Gasteiger partial charge in [-0.2, -0.15) is 0 Å². The molecule has 2 aliphatic heterocycles. The third-order valence-electron chi connectivity index (χ3n) is 5.99. The SMILES string of the molecule is O=C(c1cnc2c(c1)ncn2Cc1ccccc1)N1CCCN2CCC[C@H]2C1. The van der Waals surface area contributed by atoms with Gasteiger partial charge >= 0.3 is 0 Å². The standard InChI is InChI=1S/C22H25N5O/c28-22(26-11-5-10-25-9-4-8-19(25)15-26)18-12-20-21(23-13-18)27(16-24-20)14-17-6-2-1-3-7-17/h1-3,6-7,12-13,16,19H,4-5,8-11,14-15H2/t19-/m0/s1. The molecule has 1 atom stereocenters. The van der Waals surface area contributed by atoms with Gasteiger partial charge in [0.2, 0.25) is 0 Å². The van der Waals surface area contributed by atoms with Crippen LogP contribution in [0.15, 0.2) is 48.9 Å². The lowest BCUT2D eigenvalue weighted by atomic mass is 10.2. The quantitative estimate of drug-likeness (QED) is 0.706. The summed E-state index contributed by atoms with van der Waals surface area (Å²) in [6.07, 6.45) is 7.01. The zero-order chi connectivity index (χ0) is 18.9. The van der Waals surface area contributed by atoms with Crippen molar-refractivity contribution in [2.75, 3.05) is 26.2 Å². The highest BCUT2D eigenvalue weighted by Gasteiger charge is 2.31. The van der Waals surface area contributed by atoms with Crippen LogP contribution in [0.5, 0.6) is 0 Å². The smallest absolute Gasteiger partial charge is 0.255 e. The number of carbonyl (C=O) groups is 1. The fraction of sp³-hybridized carbons (Fsp3) is 0.409. The lowest BCUT2D eigenvalue weighted by Crippen LogP contribution is -2.39. The van der Waals surface area contributed by atoms with Crippen LogP contribution in [0.25, 0.3) is 11.2 Å². The number of pyridine rings is 1. The molecule has 6 heteroatoms. The molecule has 2 aliphatic rings. The minimum atomic E-state index is 0.0840. The van der Waals surface area contributed by atoms with E-state index in [9.17, 15) is 4.79 Å². The van der Waals surface area contributed by atoms with Gasteiger partial charge in [0.25, 0.3) is 5.91 Å². The van der Waals surface area contributed by atoms with Gasteiger partial charge in [0.1, 0.15) is 5.52 Å². The van der Waals surface area contributed by atoms with Crippen molar-refractivity contribution in [2.45, 2.75) is 31.8 Å². The minimum Gasteiger partial charge on any atom is -0.337 e. The molecule has 0 spiro atoms. The predicted molar refractivity (Wildman–Crippen MR) is 108 cm³/mol. The first-order valence-electron chi connectivity index (χ1n) is 10.2. The Balaban J connectivity index is 1.37. The summed E-state index contributed by atoms with van der Waals surface area (Å²) in [7, 11) is 0. The maximum Gasteiger partial charge on any atom is 0.255 e. The summed E-state index contributed by atoms with van der Waals surface area (Å²) in [4.78, 5) is 26.8. The largest absolute Gasteiger partial charge is 0.337 e. The second kappa shape index (κ2) is 7.36. The lowest BCUT2D eigenvalue weighted by Gasteiger charge is -2.25. The Morgan fingerprint density at radius 3 is 2.82 bits per heavy atom. The third kappa shape index (κ3) is 3.29. The van der Waals surface area contributed by atoms with Gasteiger partial charge in [0.05, 0.1) is 18.4 Å². The van der Waals surface area contributed by atoms with Crippen molar-refractivity contribution >= 4 is 17.1 Å². The number of carbonyl (C=O) groups excluding carboxylic acids is 1. The van der Waals surface area contributed by atoms with Crippen molar-refractivity contribution in [3.63, 3.8) is 0 Å². The maximum atomic E-state index is 13.1. The van der Waals surface area contributed by atoms with Gasteiger partial charge in [0.15, 0.2) is 5.65 Å². The Kier molecular flexibility index (Phi) is 4.56. The van der Waals surface area contributed by atoms with E-state index in [2.05, 4.69) is 27.0 Å². The van der Waals surface area contributed by atoms with Gasteiger partial charge in [-0.05, 0) is 37.4 Å². The molecular formula is C22H25N5O. The van der Waals surface area contributed by atoms with Crippen LogP contribution in [0.4, 0.5) is 0 Å². The number of aromatic nitrogens is 3. The Hall–Kier alpha value is -2.73. The predicted octanol–water partition coefficient (Wildman–Crippen LogP) is 2.79. The van der Waals surface area contributed by atoms with E-state index >= 15 is 0 Å². The monoisotopic (exact) mass is 375 g/mol. The molecule has 0 unspecified atom stereocenters. The number of rotatable bonds is 3. The normalized spacial score (nSPS) is 20.3. The minimum absolute atomic E-state index is 0.0840. The zero-order valence-corrected chi connectivity index (χ0v) is 16.0. The van der Waals surface area contributed by atoms with Crippen LogP contribution < -0.4 is 0 Å². The third-order valence-corrected chi connectivity index (χ3v) is 5.99. The molecule has 0 radical (unpaired) electrons. The van der Waals surface area contributed by atoms with E-state index in [4.69, 9.17) is 0 Å². The Morgan fingerprint density at radius 2 is 1.93 bits per heavy atom. The van der Waals surface area contributed by atoms with E-state index in [1.54, 1.807) is 12.5 Å². The molecule has 0 bridgehead atoms. The molecule has 2 aromatic heterocycles. The molecule has 3 aromatic rings. The fourth-order valence-corrected chi connectivity index (χ4v) is 4.54. The number of imidazole rings is 1. The summed E-state index contributed by atoms with van der Waals surface area (Å²) in [5, 5.41) is 0. The zero-order valence-electron chi connectivity index (χ0n) is 16.0. The highest BCUT2D eigenvalue weighted by Crippen LogP contribution is 2.23. The molecule has 2 saturated heterocycles. The van der Waals surface area contributed by atoms with Gasteiger partial charge < -0.3 is 9.47 Å². The first kappa shape index (κ1) is 17.4. The summed E-state index contributed by atoms with van der Waals surface area (Å²) < 4.78 is 2.03. The first-order chi connectivity index (χ1) is 13.8. The summed E-state index contributed by atoms with van der Waals surface area (Å²) in [6.45, 7) is 4.67. The van der Waals surface area contributed by atoms with E-state index < -0.39 is 0 Å². The summed E-state index contributed by atoms with van der Waals surface area (Å²) in [5.74, 6) is 0.0840. The average molecular weight is 375 g/mol. The van der Waals surface area contributed by atoms with Crippen LogP contribution in [-0.2, 0) is 6.54 Å². The molecule has 4 heterocycles. The van der Waals surface area contributed by atoms with E-state index in [1.165, 1.54) is 24.9 Å². The van der Waals surface area contributed by atoms with Gasteiger partial charge in [-0.1, -0.05) is 30.3 Å². The molecular weight excluding hydrogens is 350 g/mol. The molecule has 6 nitrogen and oxygen atoms in total. The first-order valence-corrected chi connectivity index (χ1v) is 10.2. The highest BCUT2D eigenvalue weighted by atomic mass is 16.2. The summed E-state index contributed by atoms with van der Waals surface area (Å²) >= 11 is 0. The Morgan fingerprint density at radius 1 is 1.07 bits per heavy atom. The second-order valence-corrected chi connectivity index (χ2v) is 7.86. The average Bonchev–Trinajstić information content (AvgIpc) is 3.29. The van der Waals surface area contributed by atoms with Crippen molar-refractivity contribution in [1.29, 1.82) is 0 Å². The lowest BCUT2D eigenvalue weighted by molar-refractivity contribution is 0.0743. The number of nitrogens with zero attached hydrogens (tertiary/aromatic N) is 5. The highest BCUT2D eigenvalue weighted by molar-refractivity contribution is 5.96. The molecule has 144 valence electrons. The fourth-order valence-electron chi connectivity index (χ4n) is 4.54. The van der Waals surface area contributed by atoms with E-state index in [-0.39, 0.29) is 5.91 Å². The van der Waals surface area contributed by atoms with Crippen LogP contribution in [-0.4, -0.2) is 62.5 Å². The van der Waals surface area contributed by atoms with E-state index in [1.807, 2.05) is 33.7 Å². The van der Waals surface area contributed by atoms with Gasteiger partial charge in [-0.25, -0.2) is 9.97 Å². The molecule has 0 N–H and O–H groups in total. The van der Waals surface area contributed by atoms with Crippen molar-refractivity contribution < 1.29 is 4.79 Å². The second-order valence-electron chi connectivity index (χ2n) is 7.86. The molecule has 1 aromatic carbocycles. The summed E-state index contributed by atoms with van der Waals surface area (Å²) in [6, 6.07) is 12.7. The number of hydrogen-bond acceptors (Lipinski definition) is 4. The molecule has 0 aliphatic carbocycles. The maximum absolute atomic E-state index is 13.1. The number of fused-ring (bicyclic) bond motifs is 2. The van der Waals surface area contributed by atoms with Crippen molar-refractivity contribution in [2.24, 2.45) is 0 Å². The Labute approximate surface area is 164 Å². The van der Waals surface area contributed by atoms with Crippen LogP contribution in [0.3, 0.4) is 0 Å². The van der Waals surface area contributed by atoms with Gasteiger partial charge in [-0.3, -0.25) is 9.69 Å². The van der Waals surface area contributed by atoms with Crippen LogP contribution in [0, 0.1) is 0 Å². The van der Waals surface area contributed by atoms with Crippen LogP contribution in [0.2, 0.25) is 0 Å². The molecule has 0 saturated carbocycles. The van der Waals surface area contributed by atoms with Crippen molar-refractivity contribution in [3.05, 3.63) is 60.0 Å². The summed E-state index contributed by atoms with van der Waals surface area (Å²) in [5.41, 5.74) is 3.44. The van der Waals surface area contributed by atoms with Gasteiger partial charge in [0, 0.05) is 31.9 Å². The van der Waals surface area contributed by atoms with E-state index in [0.717, 1.165) is 43.8 Å². The molecule has 5 rings (SSSR count). The molecule has 28 heavy (non-hydrogen) atoms. The molecule has 1 amide bonds. The van der Waals surface area contributed by atoms with Crippen molar-refractivity contribution in [3.8, 4) is 0 Å². The number of amides is 1. The van der Waals surface area contributed by atoms with E-state index in [0.29, 0.717) is 11.6 Å². The van der Waals surface area contributed by atoms with Crippen LogP contribution in [0.1, 0.15) is 35.2 Å².